The number of rotatable bonds is 8. The topological polar surface area (TPSA) is 76.2 Å². The maximum atomic E-state index is 13.6. The molecule has 0 radical (unpaired) electrons. The number of amides is 1. The van der Waals surface area contributed by atoms with E-state index in [9.17, 15) is 13.2 Å². The van der Waals surface area contributed by atoms with Crippen molar-refractivity contribution in [2.45, 2.75) is 43.0 Å². The highest BCUT2D eigenvalue weighted by molar-refractivity contribution is 7.92. The zero-order valence-electron chi connectivity index (χ0n) is 18.3. The van der Waals surface area contributed by atoms with Crippen molar-refractivity contribution in [3.63, 3.8) is 0 Å². The van der Waals surface area contributed by atoms with Gasteiger partial charge in [0.05, 0.1) is 24.8 Å². The van der Waals surface area contributed by atoms with Crippen molar-refractivity contribution in [1.29, 1.82) is 0 Å². The molecule has 1 aliphatic rings. The van der Waals surface area contributed by atoms with E-state index in [1.165, 1.54) is 32.8 Å². The summed E-state index contributed by atoms with van der Waals surface area (Å²) in [4.78, 5) is 14.9. The third-order valence-corrected chi connectivity index (χ3v) is 7.57. The lowest BCUT2D eigenvalue weighted by Gasteiger charge is -2.33. The van der Waals surface area contributed by atoms with E-state index in [4.69, 9.17) is 9.47 Å². The SMILES string of the molecule is COc1ccc(S(=O)(=O)N(CC(=O)N(C)C2CCCCC2)c2ccccc2OC)cc1. The molecule has 0 bridgehead atoms. The van der Waals surface area contributed by atoms with Gasteiger partial charge in [-0.2, -0.15) is 0 Å². The Hall–Kier alpha value is -2.74. The van der Waals surface area contributed by atoms with Gasteiger partial charge in [-0.1, -0.05) is 31.4 Å². The number of benzene rings is 2. The molecule has 1 aliphatic carbocycles. The van der Waals surface area contributed by atoms with Gasteiger partial charge in [-0.25, -0.2) is 8.42 Å². The zero-order chi connectivity index (χ0) is 22.4. The van der Waals surface area contributed by atoms with Crippen LogP contribution in [0.5, 0.6) is 11.5 Å². The van der Waals surface area contributed by atoms with Gasteiger partial charge >= 0.3 is 0 Å². The van der Waals surface area contributed by atoms with Gasteiger partial charge in [0.1, 0.15) is 18.0 Å². The summed E-state index contributed by atoms with van der Waals surface area (Å²) in [5, 5.41) is 0. The molecule has 168 valence electrons. The summed E-state index contributed by atoms with van der Waals surface area (Å²) in [7, 11) is 0.739. The largest absolute Gasteiger partial charge is 0.497 e. The lowest BCUT2D eigenvalue weighted by Crippen LogP contribution is -2.46. The number of carbonyl (C=O) groups excluding carboxylic acids is 1. The van der Waals surface area contributed by atoms with Crippen LogP contribution in [0.1, 0.15) is 32.1 Å². The average Bonchev–Trinajstić information content (AvgIpc) is 2.82. The summed E-state index contributed by atoms with van der Waals surface area (Å²) in [5.74, 6) is 0.693. The fourth-order valence-corrected chi connectivity index (χ4v) is 5.34. The van der Waals surface area contributed by atoms with E-state index < -0.39 is 10.0 Å². The first-order valence-corrected chi connectivity index (χ1v) is 11.9. The van der Waals surface area contributed by atoms with Crippen molar-refractivity contribution in [1.82, 2.24) is 4.90 Å². The van der Waals surface area contributed by atoms with E-state index in [1.54, 1.807) is 48.3 Å². The normalized spacial score (nSPS) is 14.7. The van der Waals surface area contributed by atoms with Crippen molar-refractivity contribution in [2.75, 3.05) is 32.1 Å². The molecule has 1 saturated carbocycles. The first kappa shape index (κ1) is 22.9. The fraction of sp³-hybridized carbons (Fsp3) is 0.435. The Morgan fingerprint density at radius 2 is 1.61 bits per heavy atom. The van der Waals surface area contributed by atoms with Crippen molar-refractivity contribution in [3.05, 3.63) is 48.5 Å². The van der Waals surface area contributed by atoms with Crippen LogP contribution in [0, 0.1) is 0 Å². The minimum atomic E-state index is -4.02. The molecule has 0 saturated heterocycles. The number of hydrogen-bond acceptors (Lipinski definition) is 5. The minimum absolute atomic E-state index is 0.0762. The first-order valence-electron chi connectivity index (χ1n) is 10.4. The third-order valence-electron chi connectivity index (χ3n) is 5.80. The quantitative estimate of drug-likeness (QED) is 0.618. The highest BCUT2D eigenvalue weighted by Gasteiger charge is 2.32. The number of sulfonamides is 1. The number of para-hydroxylation sites is 2. The van der Waals surface area contributed by atoms with Crippen molar-refractivity contribution in [2.24, 2.45) is 0 Å². The Labute approximate surface area is 184 Å². The summed E-state index contributed by atoms with van der Waals surface area (Å²) in [5.41, 5.74) is 0.325. The van der Waals surface area contributed by atoms with Gasteiger partial charge in [-0.05, 0) is 49.2 Å². The summed E-state index contributed by atoms with van der Waals surface area (Å²) in [6.45, 7) is -0.304. The minimum Gasteiger partial charge on any atom is -0.497 e. The molecular weight excluding hydrogens is 416 g/mol. The van der Waals surface area contributed by atoms with Crippen LogP contribution in [-0.2, 0) is 14.8 Å². The molecule has 2 aromatic rings. The predicted molar refractivity (Wildman–Crippen MR) is 120 cm³/mol. The van der Waals surface area contributed by atoms with Crippen molar-refractivity contribution < 1.29 is 22.7 Å². The third kappa shape index (κ3) is 5.12. The van der Waals surface area contributed by atoms with Gasteiger partial charge < -0.3 is 14.4 Å². The molecule has 31 heavy (non-hydrogen) atoms. The van der Waals surface area contributed by atoms with E-state index in [1.807, 2.05) is 0 Å². The summed E-state index contributed by atoms with van der Waals surface area (Å²) < 4.78 is 38.9. The molecule has 1 fully saturated rings. The van der Waals surface area contributed by atoms with E-state index in [2.05, 4.69) is 0 Å². The van der Waals surface area contributed by atoms with E-state index in [0.29, 0.717) is 17.2 Å². The molecule has 8 heteroatoms. The summed E-state index contributed by atoms with van der Waals surface area (Å²) >= 11 is 0. The van der Waals surface area contributed by atoms with Crippen LogP contribution in [0.3, 0.4) is 0 Å². The van der Waals surface area contributed by atoms with Crippen molar-refractivity contribution >= 4 is 21.6 Å². The van der Waals surface area contributed by atoms with Crippen LogP contribution >= 0.6 is 0 Å². The van der Waals surface area contributed by atoms with Crippen LogP contribution in [-0.4, -0.2) is 53.1 Å². The smallest absolute Gasteiger partial charge is 0.264 e. The Morgan fingerprint density at radius 1 is 0.968 bits per heavy atom. The van der Waals surface area contributed by atoms with Crippen LogP contribution < -0.4 is 13.8 Å². The second kappa shape index (κ2) is 10.0. The number of ether oxygens (including phenoxy) is 2. The average molecular weight is 447 g/mol. The second-order valence-corrected chi connectivity index (χ2v) is 9.52. The molecule has 0 N–H and O–H groups in total. The lowest BCUT2D eigenvalue weighted by atomic mass is 9.94. The maximum absolute atomic E-state index is 13.6. The second-order valence-electron chi connectivity index (χ2n) is 7.66. The number of anilines is 1. The number of hydrogen-bond donors (Lipinski definition) is 0. The van der Waals surface area contributed by atoms with Crippen LogP contribution in [0.25, 0.3) is 0 Å². The number of methoxy groups -OCH3 is 2. The standard InChI is InChI=1S/C23H30N2O5S/c1-24(18-9-5-4-6-10-18)23(26)17-25(21-11-7-8-12-22(21)30-3)31(27,28)20-15-13-19(29-2)14-16-20/h7-8,11-16,18H,4-6,9-10,17H2,1-3H3. The van der Waals surface area contributed by atoms with Crippen molar-refractivity contribution in [3.8, 4) is 11.5 Å². The first-order chi connectivity index (χ1) is 14.9. The van der Waals surface area contributed by atoms with Crippen LogP contribution in [0.2, 0.25) is 0 Å². The Balaban J connectivity index is 1.97. The van der Waals surface area contributed by atoms with Gasteiger partial charge in [0, 0.05) is 13.1 Å². The number of nitrogens with zero attached hydrogens (tertiary/aromatic N) is 2. The van der Waals surface area contributed by atoms with E-state index in [-0.39, 0.29) is 23.4 Å². The van der Waals surface area contributed by atoms with Gasteiger partial charge in [0.25, 0.3) is 10.0 Å². The lowest BCUT2D eigenvalue weighted by molar-refractivity contribution is -0.130. The van der Waals surface area contributed by atoms with Crippen LogP contribution in [0.4, 0.5) is 5.69 Å². The number of likely N-dealkylation sites (N-methyl/N-ethyl adjacent to an activating group) is 1. The van der Waals surface area contributed by atoms with Crippen LogP contribution in [0.15, 0.2) is 53.4 Å². The molecule has 0 spiro atoms. The number of carbonyl (C=O) groups is 1. The van der Waals surface area contributed by atoms with E-state index >= 15 is 0 Å². The molecule has 0 aromatic heterocycles. The monoisotopic (exact) mass is 446 g/mol. The van der Waals surface area contributed by atoms with Gasteiger partial charge in [0.15, 0.2) is 0 Å². The molecule has 0 atom stereocenters. The van der Waals surface area contributed by atoms with E-state index in [0.717, 1.165) is 30.0 Å². The molecule has 7 nitrogen and oxygen atoms in total. The summed E-state index contributed by atoms with van der Waals surface area (Å²) in [6, 6.07) is 13.1. The van der Waals surface area contributed by atoms with Gasteiger partial charge in [-0.3, -0.25) is 9.10 Å². The maximum Gasteiger partial charge on any atom is 0.264 e. The van der Waals surface area contributed by atoms with Gasteiger partial charge in [-0.15, -0.1) is 0 Å². The molecule has 3 rings (SSSR count). The predicted octanol–water partition coefficient (Wildman–Crippen LogP) is 3.69. The summed E-state index contributed by atoms with van der Waals surface area (Å²) in [6.07, 6.45) is 5.24. The molecule has 2 aromatic carbocycles. The molecule has 0 unspecified atom stereocenters. The molecule has 0 heterocycles. The Morgan fingerprint density at radius 3 is 2.23 bits per heavy atom. The highest BCUT2D eigenvalue weighted by Crippen LogP contribution is 2.33. The highest BCUT2D eigenvalue weighted by atomic mass is 32.2. The Bertz CT molecular complexity index is 985. The molecular formula is C23H30N2O5S. The Kier molecular flexibility index (Phi) is 7.43. The van der Waals surface area contributed by atoms with Gasteiger partial charge in [0.2, 0.25) is 5.91 Å². The molecule has 1 amide bonds. The zero-order valence-corrected chi connectivity index (χ0v) is 19.1. The fourth-order valence-electron chi connectivity index (χ4n) is 3.92. The molecule has 0 aliphatic heterocycles.